The summed E-state index contributed by atoms with van der Waals surface area (Å²) in [6.07, 6.45) is 4.95. The van der Waals surface area contributed by atoms with Gasteiger partial charge in [-0.25, -0.2) is 8.42 Å². The van der Waals surface area contributed by atoms with Gasteiger partial charge in [0.2, 0.25) is 0 Å². The van der Waals surface area contributed by atoms with Crippen molar-refractivity contribution >= 4 is 10.7 Å². The van der Waals surface area contributed by atoms with E-state index in [0.717, 1.165) is 30.7 Å². The van der Waals surface area contributed by atoms with Gasteiger partial charge in [0.25, 0.3) is 0 Å². The van der Waals surface area contributed by atoms with E-state index in [2.05, 4.69) is 10.2 Å². The molecule has 0 fully saturated rings. The van der Waals surface area contributed by atoms with Crippen molar-refractivity contribution in [3.8, 4) is 0 Å². The Morgan fingerprint density at radius 3 is 3.00 bits per heavy atom. The predicted octanol–water partition coefficient (Wildman–Crippen LogP) is 1.21. The van der Waals surface area contributed by atoms with Gasteiger partial charge in [0, 0.05) is 32.7 Å². The van der Waals surface area contributed by atoms with Gasteiger partial charge in [-0.2, -0.15) is 0 Å². The van der Waals surface area contributed by atoms with Crippen molar-refractivity contribution in [3.63, 3.8) is 0 Å². The molecular weight excluding hydrogens is 276 g/mol. The minimum Gasteiger partial charge on any atom is -0.385 e. The number of nitrogens with zero attached hydrogens (tertiary/aromatic N) is 1. The van der Waals surface area contributed by atoms with Gasteiger partial charge in [0.1, 0.15) is 16.9 Å². The van der Waals surface area contributed by atoms with Crippen LogP contribution in [0.3, 0.4) is 0 Å². The van der Waals surface area contributed by atoms with Gasteiger partial charge in [-0.1, -0.05) is 24.3 Å². The molecule has 0 spiro atoms. The number of thiol groups is 1. The molecule has 1 heterocycles. The fourth-order valence-corrected chi connectivity index (χ4v) is 2.80. The van der Waals surface area contributed by atoms with Crippen LogP contribution in [0.25, 0.3) is 0 Å². The first-order valence-electron chi connectivity index (χ1n) is 6.59. The smallest absolute Gasteiger partial charge is 0.144 e. The highest BCUT2D eigenvalue weighted by Gasteiger charge is 2.20. The average molecular weight is 296 g/mol. The minimum atomic E-state index is -2.39. The molecule has 1 N–H and O–H groups in total. The van der Waals surface area contributed by atoms with Crippen molar-refractivity contribution in [3.05, 3.63) is 47.8 Å². The molecule has 1 aliphatic heterocycles. The second kappa shape index (κ2) is 7.31. The van der Waals surface area contributed by atoms with Gasteiger partial charge >= 0.3 is 0 Å². The first kappa shape index (κ1) is 14.9. The molecule has 110 valence electrons. The summed E-state index contributed by atoms with van der Waals surface area (Å²) < 4.78 is 26.7. The largest absolute Gasteiger partial charge is 0.385 e. The van der Waals surface area contributed by atoms with Gasteiger partial charge < -0.3 is 15.0 Å². The van der Waals surface area contributed by atoms with Crippen molar-refractivity contribution in [2.75, 3.05) is 20.3 Å². The summed E-state index contributed by atoms with van der Waals surface area (Å²) in [6.45, 7) is 1.62. The summed E-state index contributed by atoms with van der Waals surface area (Å²) in [7, 11) is -0.693. The number of hydrogen-bond donors (Lipinski definition) is 2. The Morgan fingerprint density at radius 2 is 2.25 bits per heavy atom. The van der Waals surface area contributed by atoms with E-state index in [1.165, 1.54) is 0 Å². The fraction of sp³-hybridized carbons (Fsp3) is 0.429. The molecule has 0 radical (unpaired) electrons. The van der Waals surface area contributed by atoms with Crippen molar-refractivity contribution in [1.82, 2.24) is 10.2 Å². The summed E-state index contributed by atoms with van der Waals surface area (Å²) >= 11 is 0. The number of methoxy groups -OCH3 is 1. The number of ether oxygens (including phenoxy) is 1. The third kappa shape index (κ3) is 3.98. The lowest BCUT2D eigenvalue weighted by molar-refractivity contribution is 0.174. The van der Waals surface area contributed by atoms with Crippen molar-refractivity contribution in [2.45, 2.75) is 18.3 Å². The summed E-state index contributed by atoms with van der Waals surface area (Å²) in [5, 5.41) is 3.28. The zero-order valence-corrected chi connectivity index (χ0v) is 12.4. The molecule has 0 saturated carbocycles. The van der Waals surface area contributed by atoms with Crippen LogP contribution in [0, 0.1) is 0 Å². The van der Waals surface area contributed by atoms with Crippen LogP contribution in [0.1, 0.15) is 23.7 Å². The third-order valence-electron chi connectivity index (χ3n) is 3.19. The first-order chi connectivity index (χ1) is 9.70. The maximum Gasteiger partial charge on any atom is 0.144 e. The SMILES string of the molecule is COCCCN1C=CNC1c1cccc(C[SH](=O)=O)c1. The molecule has 1 aromatic rings. The highest BCUT2D eigenvalue weighted by molar-refractivity contribution is 7.71. The van der Waals surface area contributed by atoms with Gasteiger partial charge in [-0.05, 0) is 17.5 Å². The second-order valence-corrected chi connectivity index (χ2v) is 5.69. The van der Waals surface area contributed by atoms with Gasteiger partial charge in [-0.15, -0.1) is 0 Å². The van der Waals surface area contributed by atoms with Gasteiger partial charge in [-0.3, -0.25) is 0 Å². The minimum absolute atomic E-state index is 0.0661. The highest BCUT2D eigenvalue weighted by atomic mass is 32.2. The molecule has 0 aliphatic carbocycles. The Bertz CT molecular complexity index is 535. The van der Waals surface area contributed by atoms with Crippen LogP contribution in [-0.4, -0.2) is 33.6 Å². The van der Waals surface area contributed by atoms with E-state index in [1.54, 1.807) is 7.11 Å². The Kier molecular flexibility index (Phi) is 5.43. The molecule has 0 amide bonds. The van der Waals surface area contributed by atoms with Crippen LogP contribution < -0.4 is 5.32 Å². The molecule has 1 unspecified atom stereocenters. The third-order valence-corrected chi connectivity index (χ3v) is 3.82. The Morgan fingerprint density at radius 1 is 1.40 bits per heavy atom. The van der Waals surface area contributed by atoms with E-state index < -0.39 is 10.7 Å². The summed E-state index contributed by atoms with van der Waals surface area (Å²) in [5.74, 6) is 0.0903. The van der Waals surface area contributed by atoms with Gasteiger partial charge in [0.15, 0.2) is 0 Å². The zero-order valence-electron chi connectivity index (χ0n) is 11.5. The van der Waals surface area contributed by atoms with Crippen molar-refractivity contribution < 1.29 is 13.2 Å². The highest BCUT2D eigenvalue weighted by Crippen LogP contribution is 2.23. The van der Waals surface area contributed by atoms with Crippen LogP contribution in [0.5, 0.6) is 0 Å². The lowest BCUT2D eigenvalue weighted by atomic mass is 10.1. The first-order valence-corrected chi connectivity index (χ1v) is 7.95. The summed E-state index contributed by atoms with van der Waals surface area (Å²) in [6, 6.07) is 7.69. The van der Waals surface area contributed by atoms with Crippen LogP contribution in [0.15, 0.2) is 36.7 Å². The van der Waals surface area contributed by atoms with Crippen LogP contribution >= 0.6 is 0 Å². The average Bonchev–Trinajstić information content (AvgIpc) is 2.87. The predicted molar refractivity (Wildman–Crippen MR) is 78.7 cm³/mol. The van der Waals surface area contributed by atoms with Crippen LogP contribution in [0.4, 0.5) is 0 Å². The van der Waals surface area contributed by atoms with Crippen LogP contribution in [-0.2, 0) is 21.2 Å². The number of rotatable bonds is 7. The molecule has 6 heteroatoms. The maximum absolute atomic E-state index is 10.8. The molecule has 1 aliphatic rings. The van der Waals surface area contributed by atoms with Crippen molar-refractivity contribution in [2.24, 2.45) is 0 Å². The monoisotopic (exact) mass is 296 g/mol. The second-order valence-electron chi connectivity index (χ2n) is 4.71. The standard InChI is InChI=1S/C14H20N2O3S/c1-19-9-3-7-16-8-6-15-14(16)13-5-2-4-12(10-13)11-20(17)18/h2,4-6,8,10,14-15,20H,3,7,9,11H2,1H3. The van der Waals surface area contributed by atoms with E-state index >= 15 is 0 Å². The molecule has 5 nitrogen and oxygen atoms in total. The zero-order chi connectivity index (χ0) is 14.4. The van der Waals surface area contributed by atoms with E-state index in [1.807, 2.05) is 36.7 Å². The molecular formula is C14H20N2O3S. The lowest BCUT2D eigenvalue weighted by Crippen LogP contribution is -2.28. The fourth-order valence-electron chi connectivity index (χ4n) is 2.31. The van der Waals surface area contributed by atoms with E-state index in [4.69, 9.17) is 4.74 Å². The number of nitrogens with one attached hydrogen (secondary N) is 1. The lowest BCUT2D eigenvalue weighted by Gasteiger charge is -2.26. The Labute approximate surface area is 121 Å². The van der Waals surface area contributed by atoms with Gasteiger partial charge in [0.05, 0.1) is 5.75 Å². The molecule has 0 saturated heterocycles. The quantitative estimate of drug-likeness (QED) is 0.585. The van der Waals surface area contributed by atoms with E-state index in [9.17, 15) is 8.42 Å². The number of benzene rings is 1. The van der Waals surface area contributed by atoms with E-state index in [-0.39, 0.29) is 11.9 Å². The Hall–Kier alpha value is -1.53. The maximum atomic E-state index is 10.8. The summed E-state index contributed by atoms with van der Waals surface area (Å²) in [5.41, 5.74) is 1.89. The normalized spacial score (nSPS) is 17.7. The Balaban J connectivity index is 2.06. The van der Waals surface area contributed by atoms with Crippen LogP contribution in [0.2, 0.25) is 0 Å². The topological polar surface area (TPSA) is 58.6 Å². The summed E-state index contributed by atoms with van der Waals surface area (Å²) in [4.78, 5) is 2.19. The molecule has 2 rings (SSSR count). The molecule has 0 aromatic heterocycles. The molecule has 20 heavy (non-hydrogen) atoms. The molecule has 0 bridgehead atoms. The molecule has 1 aromatic carbocycles. The number of hydrogen-bond acceptors (Lipinski definition) is 5. The van der Waals surface area contributed by atoms with E-state index in [0.29, 0.717) is 0 Å². The van der Waals surface area contributed by atoms with Crippen molar-refractivity contribution in [1.29, 1.82) is 0 Å². The molecule has 1 atom stereocenters.